The lowest BCUT2D eigenvalue weighted by molar-refractivity contribution is -0.138. The predicted molar refractivity (Wildman–Crippen MR) is 91.6 cm³/mol. The smallest absolute Gasteiger partial charge is 0.333 e. The third-order valence-electron chi connectivity index (χ3n) is 5.32. The number of aromatic nitrogens is 1. The molecule has 1 aliphatic heterocycles. The van der Waals surface area contributed by atoms with Gasteiger partial charge in [-0.3, -0.25) is 4.79 Å². The Labute approximate surface area is 153 Å². The van der Waals surface area contributed by atoms with Crippen LogP contribution >= 0.6 is 11.3 Å². The number of hydrogen-bond donors (Lipinski definition) is 1. The summed E-state index contributed by atoms with van der Waals surface area (Å²) >= 11 is 1.30. The highest BCUT2D eigenvalue weighted by atomic mass is 32.1. The van der Waals surface area contributed by atoms with Gasteiger partial charge >= 0.3 is 6.18 Å². The van der Waals surface area contributed by atoms with Gasteiger partial charge in [-0.2, -0.15) is 13.2 Å². The number of carbonyl (C=O) groups excluding carboxylic acids is 1. The highest BCUT2D eigenvalue weighted by molar-refractivity contribution is 7.07. The number of nitrogens with zero attached hydrogens (tertiary/aromatic N) is 2. The molecule has 2 aromatic rings. The number of halogens is 3. The SMILES string of the molecule is O=C(c1cscn1)N(Cc1ccccc1C(F)(F)F)CC1C2CNCC21. The van der Waals surface area contributed by atoms with Crippen molar-refractivity contribution >= 4 is 17.2 Å². The average Bonchev–Trinajstić information content (AvgIpc) is 3.07. The molecule has 2 unspecified atom stereocenters. The summed E-state index contributed by atoms with van der Waals surface area (Å²) in [6.45, 7) is 2.26. The van der Waals surface area contributed by atoms with Crippen molar-refractivity contribution in [2.75, 3.05) is 19.6 Å². The summed E-state index contributed by atoms with van der Waals surface area (Å²) in [6, 6.07) is 5.46. The second kappa shape index (κ2) is 6.66. The number of alkyl halides is 3. The van der Waals surface area contributed by atoms with E-state index >= 15 is 0 Å². The Bertz CT molecular complexity index is 783. The van der Waals surface area contributed by atoms with Crippen molar-refractivity contribution in [3.05, 3.63) is 52.0 Å². The number of benzene rings is 1. The molecular formula is C18H18F3N3OS. The molecule has 0 spiro atoms. The minimum Gasteiger partial charge on any atom is -0.333 e. The van der Waals surface area contributed by atoms with Crippen LogP contribution in [0.3, 0.4) is 0 Å². The van der Waals surface area contributed by atoms with E-state index in [-0.39, 0.29) is 18.0 Å². The predicted octanol–water partition coefficient (Wildman–Crippen LogP) is 3.27. The van der Waals surface area contributed by atoms with E-state index in [2.05, 4.69) is 10.3 Å². The maximum atomic E-state index is 13.3. The fourth-order valence-electron chi connectivity index (χ4n) is 3.91. The van der Waals surface area contributed by atoms with Crippen LogP contribution in [0.4, 0.5) is 13.2 Å². The minimum atomic E-state index is -4.44. The van der Waals surface area contributed by atoms with Gasteiger partial charge in [0, 0.05) is 18.5 Å². The van der Waals surface area contributed by atoms with Crippen LogP contribution in [0.5, 0.6) is 0 Å². The molecule has 1 saturated carbocycles. The molecule has 0 radical (unpaired) electrons. The first kappa shape index (κ1) is 17.5. The molecule has 1 amide bonds. The van der Waals surface area contributed by atoms with Gasteiger partial charge < -0.3 is 10.2 Å². The van der Waals surface area contributed by atoms with E-state index in [1.165, 1.54) is 28.4 Å². The molecular weight excluding hydrogens is 363 g/mol. The molecule has 2 fully saturated rings. The molecule has 138 valence electrons. The van der Waals surface area contributed by atoms with Crippen LogP contribution in [0.1, 0.15) is 21.6 Å². The monoisotopic (exact) mass is 381 g/mol. The number of rotatable bonds is 5. The van der Waals surface area contributed by atoms with Crippen molar-refractivity contribution in [1.29, 1.82) is 0 Å². The zero-order valence-corrected chi connectivity index (χ0v) is 14.7. The summed E-state index contributed by atoms with van der Waals surface area (Å²) in [5.74, 6) is 1.11. The fourth-order valence-corrected chi connectivity index (χ4v) is 4.44. The first-order valence-corrected chi connectivity index (χ1v) is 9.42. The lowest BCUT2D eigenvalue weighted by Gasteiger charge is -2.25. The van der Waals surface area contributed by atoms with Crippen LogP contribution < -0.4 is 5.32 Å². The molecule has 26 heavy (non-hydrogen) atoms. The summed E-state index contributed by atoms with van der Waals surface area (Å²) in [6.07, 6.45) is -4.44. The second-order valence-electron chi connectivity index (χ2n) is 6.86. The summed E-state index contributed by atoms with van der Waals surface area (Å²) in [5.41, 5.74) is 1.29. The van der Waals surface area contributed by atoms with Crippen molar-refractivity contribution < 1.29 is 18.0 Å². The van der Waals surface area contributed by atoms with E-state index in [1.54, 1.807) is 17.0 Å². The van der Waals surface area contributed by atoms with Crippen LogP contribution in [-0.4, -0.2) is 35.4 Å². The van der Waals surface area contributed by atoms with Gasteiger partial charge in [-0.1, -0.05) is 18.2 Å². The van der Waals surface area contributed by atoms with E-state index in [9.17, 15) is 18.0 Å². The third kappa shape index (κ3) is 3.35. The van der Waals surface area contributed by atoms with Gasteiger partial charge in [0.1, 0.15) is 5.69 Å². The number of amides is 1. The molecule has 2 aliphatic rings. The van der Waals surface area contributed by atoms with Crippen LogP contribution in [0.25, 0.3) is 0 Å². The molecule has 1 aliphatic carbocycles. The molecule has 2 atom stereocenters. The number of nitrogens with one attached hydrogen (secondary N) is 1. The standard InChI is InChI=1S/C18H18F3N3OS/c19-18(20,21)15-4-2-1-3-11(15)7-24(17(25)16-9-26-10-23-16)8-14-12-5-22-6-13(12)14/h1-4,9-10,12-14,22H,5-8H2. The number of fused-ring (bicyclic) bond motifs is 1. The molecule has 4 rings (SSSR count). The van der Waals surface area contributed by atoms with E-state index in [0.29, 0.717) is 30.0 Å². The van der Waals surface area contributed by atoms with E-state index in [4.69, 9.17) is 0 Å². The van der Waals surface area contributed by atoms with E-state index in [0.717, 1.165) is 19.2 Å². The molecule has 4 nitrogen and oxygen atoms in total. The minimum absolute atomic E-state index is 0.0601. The van der Waals surface area contributed by atoms with Gasteiger partial charge in [0.25, 0.3) is 5.91 Å². The van der Waals surface area contributed by atoms with Crippen LogP contribution in [0, 0.1) is 17.8 Å². The molecule has 0 bridgehead atoms. The van der Waals surface area contributed by atoms with Crippen LogP contribution in [0.15, 0.2) is 35.2 Å². The van der Waals surface area contributed by atoms with E-state index in [1.807, 2.05) is 0 Å². The molecule has 1 aromatic heterocycles. The lowest BCUT2D eigenvalue weighted by atomic mass is 10.1. The number of thiazole rings is 1. The van der Waals surface area contributed by atoms with Gasteiger partial charge in [0.15, 0.2) is 0 Å². The van der Waals surface area contributed by atoms with Crippen LogP contribution in [-0.2, 0) is 12.7 Å². The Hall–Kier alpha value is -1.93. The highest BCUT2D eigenvalue weighted by Crippen LogP contribution is 2.49. The summed E-state index contributed by atoms with van der Waals surface area (Å²) in [5, 5.41) is 4.94. The highest BCUT2D eigenvalue weighted by Gasteiger charge is 2.53. The largest absolute Gasteiger partial charge is 0.416 e. The van der Waals surface area contributed by atoms with Crippen molar-refractivity contribution in [2.45, 2.75) is 12.7 Å². The molecule has 1 aromatic carbocycles. The molecule has 1 N–H and O–H groups in total. The maximum Gasteiger partial charge on any atom is 0.416 e. The van der Waals surface area contributed by atoms with Crippen molar-refractivity contribution in [3.63, 3.8) is 0 Å². The summed E-state index contributed by atoms with van der Waals surface area (Å²) in [4.78, 5) is 18.4. The molecule has 8 heteroatoms. The Morgan fingerprint density at radius 2 is 2.00 bits per heavy atom. The average molecular weight is 381 g/mol. The van der Waals surface area contributed by atoms with Gasteiger partial charge in [-0.05, 0) is 42.5 Å². The Morgan fingerprint density at radius 1 is 1.27 bits per heavy atom. The second-order valence-corrected chi connectivity index (χ2v) is 7.58. The zero-order valence-electron chi connectivity index (χ0n) is 13.9. The number of hydrogen-bond acceptors (Lipinski definition) is 4. The van der Waals surface area contributed by atoms with E-state index < -0.39 is 11.7 Å². The first-order valence-electron chi connectivity index (χ1n) is 8.48. The van der Waals surface area contributed by atoms with Crippen molar-refractivity contribution in [3.8, 4) is 0 Å². The van der Waals surface area contributed by atoms with Gasteiger partial charge in [-0.25, -0.2) is 4.98 Å². The normalized spacial score (nSPS) is 24.3. The summed E-state index contributed by atoms with van der Waals surface area (Å²) < 4.78 is 39.9. The lowest BCUT2D eigenvalue weighted by Crippen LogP contribution is -2.35. The van der Waals surface area contributed by atoms with Crippen LogP contribution in [0.2, 0.25) is 0 Å². The molecule has 2 heterocycles. The Balaban J connectivity index is 1.58. The summed E-state index contributed by atoms with van der Waals surface area (Å²) in [7, 11) is 0. The van der Waals surface area contributed by atoms with Crippen molar-refractivity contribution in [1.82, 2.24) is 15.2 Å². The quantitative estimate of drug-likeness (QED) is 0.865. The maximum absolute atomic E-state index is 13.3. The molecule has 1 saturated heterocycles. The fraction of sp³-hybridized carbons (Fsp3) is 0.444. The van der Waals surface area contributed by atoms with Gasteiger partial charge in [0.05, 0.1) is 11.1 Å². The number of piperidine rings is 1. The Kier molecular flexibility index (Phi) is 4.48. The topological polar surface area (TPSA) is 45.2 Å². The van der Waals surface area contributed by atoms with Gasteiger partial charge in [-0.15, -0.1) is 11.3 Å². The van der Waals surface area contributed by atoms with Gasteiger partial charge in [0.2, 0.25) is 0 Å². The number of carbonyl (C=O) groups is 1. The first-order chi connectivity index (χ1) is 12.4. The zero-order chi connectivity index (χ0) is 18.3. The van der Waals surface area contributed by atoms with Crippen molar-refractivity contribution in [2.24, 2.45) is 17.8 Å². The third-order valence-corrected chi connectivity index (χ3v) is 5.91. The Morgan fingerprint density at radius 3 is 2.65 bits per heavy atom.